The molecule has 0 aromatic carbocycles. The van der Waals surface area contributed by atoms with Gasteiger partial charge in [-0.15, -0.1) is 0 Å². The Morgan fingerprint density at radius 1 is 1.69 bits per heavy atom. The van der Waals surface area contributed by atoms with Gasteiger partial charge in [-0.25, -0.2) is 0 Å². The zero-order valence-corrected chi connectivity index (χ0v) is 9.26. The van der Waals surface area contributed by atoms with Crippen LogP contribution < -0.4 is 5.73 Å². The molecule has 0 aliphatic carbocycles. The van der Waals surface area contributed by atoms with E-state index in [1.54, 1.807) is 11.0 Å². The van der Waals surface area contributed by atoms with Crippen molar-refractivity contribution in [2.45, 2.75) is 19.1 Å². The summed E-state index contributed by atoms with van der Waals surface area (Å²) in [6, 6.07) is 1.60. The zero-order chi connectivity index (χ0) is 11.5. The van der Waals surface area contributed by atoms with Crippen LogP contribution in [0.25, 0.3) is 0 Å². The van der Waals surface area contributed by atoms with E-state index in [-0.39, 0.29) is 18.1 Å². The summed E-state index contributed by atoms with van der Waals surface area (Å²) in [6.07, 6.45) is 2.87. The number of hydrogen-bond donors (Lipinski definition) is 1. The molecule has 1 aromatic heterocycles. The van der Waals surface area contributed by atoms with Crippen molar-refractivity contribution in [1.82, 2.24) is 4.90 Å². The van der Waals surface area contributed by atoms with E-state index in [1.807, 2.05) is 6.92 Å². The second kappa shape index (κ2) is 4.67. The van der Waals surface area contributed by atoms with Gasteiger partial charge in [0.1, 0.15) is 6.26 Å². The highest BCUT2D eigenvalue weighted by atomic mass is 16.5. The average Bonchev–Trinajstić information content (AvgIpc) is 2.81. The van der Waals surface area contributed by atoms with Gasteiger partial charge in [0, 0.05) is 19.1 Å². The molecule has 16 heavy (non-hydrogen) atoms. The Morgan fingerprint density at radius 3 is 3.12 bits per heavy atom. The molecule has 1 fully saturated rings. The molecule has 0 saturated carbocycles. The van der Waals surface area contributed by atoms with Gasteiger partial charge >= 0.3 is 0 Å². The molecule has 0 spiro atoms. The van der Waals surface area contributed by atoms with Crippen molar-refractivity contribution >= 4 is 5.91 Å². The molecular weight excluding hydrogens is 208 g/mol. The first-order chi connectivity index (χ1) is 7.68. The van der Waals surface area contributed by atoms with E-state index < -0.39 is 0 Å². The molecule has 2 atom stereocenters. The van der Waals surface area contributed by atoms with E-state index in [0.29, 0.717) is 25.3 Å². The van der Waals surface area contributed by atoms with Crippen LogP contribution in [0.15, 0.2) is 23.0 Å². The molecule has 2 N–H and O–H groups in total. The number of morpholine rings is 1. The largest absolute Gasteiger partial charge is 0.472 e. The molecule has 2 heterocycles. The van der Waals surface area contributed by atoms with Crippen molar-refractivity contribution in [3.63, 3.8) is 0 Å². The maximum absolute atomic E-state index is 12.0. The first-order valence-electron chi connectivity index (χ1n) is 5.37. The fourth-order valence-electron chi connectivity index (χ4n) is 1.75. The lowest BCUT2D eigenvalue weighted by atomic mass is 10.1. The number of nitrogens with two attached hydrogens (primary N) is 1. The van der Waals surface area contributed by atoms with Gasteiger partial charge in [-0.3, -0.25) is 4.79 Å². The van der Waals surface area contributed by atoms with Crippen LogP contribution >= 0.6 is 0 Å². The monoisotopic (exact) mass is 224 g/mol. The molecular formula is C11H16N2O3. The van der Waals surface area contributed by atoms with Crippen LogP contribution in [-0.2, 0) is 4.74 Å². The molecule has 1 saturated heterocycles. The predicted octanol–water partition coefficient (Wildman–Crippen LogP) is 0.468. The highest BCUT2D eigenvalue weighted by Gasteiger charge is 2.27. The molecule has 0 radical (unpaired) electrons. The maximum atomic E-state index is 12.0. The standard InChI is InChI=1S/C11H16N2O3/c1-8(12)10-6-13(3-5-16-10)11(14)9-2-4-15-7-9/h2,4,7-8,10H,3,5-6,12H2,1H3/t8-,10-/m1/s1. The quantitative estimate of drug-likeness (QED) is 0.792. The Kier molecular flexibility index (Phi) is 3.26. The molecule has 5 nitrogen and oxygen atoms in total. The van der Waals surface area contributed by atoms with Crippen molar-refractivity contribution in [2.75, 3.05) is 19.7 Å². The topological polar surface area (TPSA) is 68.7 Å². The number of ether oxygens (including phenoxy) is 1. The van der Waals surface area contributed by atoms with Crippen LogP contribution in [-0.4, -0.2) is 42.6 Å². The Labute approximate surface area is 94.1 Å². The summed E-state index contributed by atoms with van der Waals surface area (Å²) in [4.78, 5) is 13.8. The normalized spacial score (nSPS) is 23.1. The lowest BCUT2D eigenvalue weighted by Gasteiger charge is -2.34. The summed E-state index contributed by atoms with van der Waals surface area (Å²) in [7, 11) is 0. The highest BCUT2D eigenvalue weighted by Crippen LogP contribution is 2.12. The summed E-state index contributed by atoms with van der Waals surface area (Å²) in [5.41, 5.74) is 6.34. The lowest BCUT2D eigenvalue weighted by Crippen LogP contribution is -2.51. The van der Waals surface area contributed by atoms with Crippen molar-refractivity contribution in [3.8, 4) is 0 Å². The van der Waals surface area contributed by atoms with E-state index in [9.17, 15) is 4.79 Å². The van der Waals surface area contributed by atoms with Crippen LogP contribution in [0.4, 0.5) is 0 Å². The molecule has 1 aliphatic heterocycles. The average molecular weight is 224 g/mol. The lowest BCUT2D eigenvalue weighted by molar-refractivity contribution is -0.0300. The highest BCUT2D eigenvalue weighted by molar-refractivity contribution is 5.93. The van der Waals surface area contributed by atoms with E-state index in [1.165, 1.54) is 12.5 Å². The first kappa shape index (κ1) is 11.2. The van der Waals surface area contributed by atoms with Crippen molar-refractivity contribution in [3.05, 3.63) is 24.2 Å². The van der Waals surface area contributed by atoms with Crippen LogP contribution in [0.5, 0.6) is 0 Å². The molecule has 1 amide bonds. The minimum atomic E-state index is -0.0791. The Balaban J connectivity index is 2.02. The van der Waals surface area contributed by atoms with Gasteiger partial charge < -0.3 is 19.8 Å². The summed E-state index contributed by atoms with van der Waals surface area (Å²) in [5.74, 6) is -0.0253. The van der Waals surface area contributed by atoms with Gasteiger partial charge in [0.05, 0.1) is 24.5 Å². The smallest absolute Gasteiger partial charge is 0.257 e. The minimum absolute atomic E-state index is 0.0253. The van der Waals surface area contributed by atoms with Gasteiger partial charge in [0.25, 0.3) is 5.91 Å². The van der Waals surface area contributed by atoms with Crippen LogP contribution in [0.1, 0.15) is 17.3 Å². The fourth-order valence-corrected chi connectivity index (χ4v) is 1.75. The van der Waals surface area contributed by atoms with E-state index in [4.69, 9.17) is 14.9 Å². The van der Waals surface area contributed by atoms with Gasteiger partial charge in [0.15, 0.2) is 0 Å². The van der Waals surface area contributed by atoms with Crippen molar-refractivity contribution in [1.29, 1.82) is 0 Å². The Bertz CT molecular complexity index is 348. The molecule has 1 aromatic rings. The van der Waals surface area contributed by atoms with Crippen molar-refractivity contribution < 1.29 is 13.9 Å². The van der Waals surface area contributed by atoms with E-state index in [2.05, 4.69) is 0 Å². The minimum Gasteiger partial charge on any atom is -0.472 e. The predicted molar refractivity (Wildman–Crippen MR) is 58.0 cm³/mol. The van der Waals surface area contributed by atoms with Crippen LogP contribution in [0.2, 0.25) is 0 Å². The third-order valence-electron chi connectivity index (χ3n) is 2.74. The third kappa shape index (κ3) is 2.25. The number of carbonyl (C=O) groups excluding carboxylic acids is 1. The number of carbonyl (C=O) groups is 1. The zero-order valence-electron chi connectivity index (χ0n) is 9.26. The summed E-state index contributed by atoms with van der Waals surface area (Å²) in [6.45, 7) is 3.57. The van der Waals surface area contributed by atoms with Gasteiger partial charge in [-0.1, -0.05) is 0 Å². The Hall–Kier alpha value is -1.33. The number of furan rings is 1. The third-order valence-corrected chi connectivity index (χ3v) is 2.74. The van der Waals surface area contributed by atoms with E-state index >= 15 is 0 Å². The SMILES string of the molecule is C[C@@H](N)[C@H]1CN(C(=O)c2ccoc2)CCO1. The van der Waals surface area contributed by atoms with Gasteiger partial charge in [-0.05, 0) is 13.0 Å². The van der Waals surface area contributed by atoms with Gasteiger partial charge in [0.2, 0.25) is 0 Å². The number of hydrogen-bond acceptors (Lipinski definition) is 4. The van der Waals surface area contributed by atoms with Crippen molar-refractivity contribution in [2.24, 2.45) is 5.73 Å². The van der Waals surface area contributed by atoms with Gasteiger partial charge in [-0.2, -0.15) is 0 Å². The fraction of sp³-hybridized carbons (Fsp3) is 0.545. The van der Waals surface area contributed by atoms with E-state index in [0.717, 1.165) is 0 Å². The molecule has 1 aliphatic rings. The second-order valence-corrected chi connectivity index (χ2v) is 4.03. The summed E-state index contributed by atoms with van der Waals surface area (Å²) < 4.78 is 10.4. The molecule has 88 valence electrons. The summed E-state index contributed by atoms with van der Waals surface area (Å²) in [5, 5.41) is 0. The molecule has 0 bridgehead atoms. The maximum Gasteiger partial charge on any atom is 0.257 e. The number of nitrogens with zero attached hydrogens (tertiary/aromatic N) is 1. The molecule has 2 rings (SSSR count). The van der Waals surface area contributed by atoms with Crippen LogP contribution in [0, 0.1) is 0 Å². The Morgan fingerprint density at radius 2 is 2.50 bits per heavy atom. The summed E-state index contributed by atoms with van der Waals surface area (Å²) >= 11 is 0. The molecule has 5 heteroatoms. The second-order valence-electron chi connectivity index (χ2n) is 4.03. The number of amides is 1. The first-order valence-corrected chi connectivity index (χ1v) is 5.37. The number of rotatable bonds is 2. The molecule has 0 unspecified atom stereocenters. The van der Waals surface area contributed by atoms with Crippen LogP contribution in [0.3, 0.4) is 0 Å².